The predicted molar refractivity (Wildman–Crippen MR) is 92.0 cm³/mol. The van der Waals surface area contributed by atoms with Crippen LogP contribution in [0.2, 0.25) is 0 Å². The van der Waals surface area contributed by atoms with Gasteiger partial charge in [-0.05, 0) is 44.7 Å². The van der Waals surface area contributed by atoms with Crippen LogP contribution in [0.1, 0.15) is 34.5 Å². The Balaban J connectivity index is 1.54. The highest BCUT2D eigenvalue weighted by atomic mass is 19.1. The van der Waals surface area contributed by atoms with Gasteiger partial charge in [-0.25, -0.2) is 18.7 Å². The molecule has 0 bridgehead atoms. The number of likely N-dealkylation sites (tertiary alicyclic amines) is 1. The second-order valence-corrected chi connectivity index (χ2v) is 6.56. The zero-order chi connectivity index (χ0) is 18.7. The highest BCUT2D eigenvalue weighted by molar-refractivity contribution is 5.94. The van der Waals surface area contributed by atoms with Crippen LogP contribution >= 0.6 is 0 Å². The van der Waals surface area contributed by atoms with Crippen LogP contribution in [0, 0.1) is 31.4 Å². The fourth-order valence-corrected chi connectivity index (χ4v) is 2.99. The van der Waals surface area contributed by atoms with Gasteiger partial charge in [0, 0.05) is 30.4 Å². The standard InChI is InChI=1S/C19H21F2N3O2/c1-12-13(2)22-11-23-18(12)26-10-14-5-7-24(8-6-14)19(25)16-4-3-15(20)9-17(16)21/h3-4,9,11,14H,5-8,10H2,1-2H3. The maximum absolute atomic E-state index is 13.8. The van der Waals surface area contributed by atoms with Crippen LogP contribution in [0.15, 0.2) is 24.5 Å². The Hall–Kier alpha value is -2.57. The average molecular weight is 361 g/mol. The monoisotopic (exact) mass is 361 g/mol. The van der Waals surface area contributed by atoms with Gasteiger partial charge in [-0.3, -0.25) is 4.79 Å². The van der Waals surface area contributed by atoms with E-state index in [4.69, 9.17) is 4.74 Å². The van der Waals surface area contributed by atoms with Gasteiger partial charge < -0.3 is 9.64 Å². The van der Waals surface area contributed by atoms with Crippen molar-refractivity contribution >= 4 is 5.91 Å². The fraction of sp³-hybridized carbons (Fsp3) is 0.421. The molecular weight excluding hydrogens is 340 g/mol. The van der Waals surface area contributed by atoms with E-state index >= 15 is 0 Å². The summed E-state index contributed by atoms with van der Waals surface area (Å²) in [5.74, 6) is -1.03. The van der Waals surface area contributed by atoms with Crippen LogP contribution in [0.3, 0.4) is 0 Å². The van der Waals surface area contributed by atoms with E-state index in [0.29, 0.717) is 31.5 Å². The molecule has 2 heterocycles. The molecular formula is C19H21F2N3O2. The number of benzene rings is 1. The third kappa shape index (κ3) is 3.98. The van der Waals surface area contributed by atoms with E-state index in [2.05, 4.69) is 9.97 Å². The molecule has 1 aliphatic rings. The first kappa shape index (κ1) is 18.2. The first-order valence-corrected chi connectivity index (χ1v) is 8.61. The number of ether oxygens (including phenoxy) is 1. The van der Waals surface area contributed by atoms with Gasteiger partial charge in [-0.1, -0.05) is 0 Å². The number of rotatable bonds is 4. The molecule has 0 saturated carbocycles. The predicted octanol–water partition coefficient (Wildman–Crippen LogP) is 3.30. The number of amides is 1. The Labute approximate surface area is 151 Å². The molecule has 1 aromatic carbocycles. The van der Waals surface area contributed by atoms with Gasteiger partial charge in [-0.15, -0.1) is 0 Å². The van der Waals surface area contributed by atoms with Crippen molar-refractivity contribution in [1.82, 2.24) is 14.9 Å². The molecule has 0 atom stereocenters. The van der Waals surface area contributed by atoms with E-state index in [0.717, 1.165) is 36.2 Å². The minimum Gasteiger partial charge on any atom is -0.477 e. The smallest absolute Gasteiger partial charge is 0.256 e. The van der Waals surface area contributed by atoms with E-state index in [9.17, 15) is 13.6 Å². The molecule has 0 aliphatic carbocycles. The Morgan fingerprint density at radius 3 is 2.65 bits per heavy atom. The molecule has 3 rings (SSSR count). The number of hydrogen-bond donors (Lipinski definition) is 0. The van der Waals surface area contributed by atoms with Crippen molar-refractivity contribution in [2.75, 3.05) is 19.7 Å². The highest BCUT2D eigenvalue weighted by Crippen LogP contribution is 2.22. The number of aryl methyl sites for hydroxylation is 1. The molecule has 2 aromatic rings. The first-order valence-electron chi connectivity index (χ1n) is 8.61. The van der Waals surface area contributed by atoms with Gasteiger partial charge in [0.2, 0.25) is 5.88 Å². The van der Waals surface area contributed by atoms with Gasteiger partial charge in [-0.2, -0.15) is 0 Å². The lowest BCUT2D eigenvalue weighted by Gasteiger charge is -2.32. The van der Waals surface area contributed by atoms with Gasteiger partial charge in [0.05, 0.1) is 12.2 Å². The number of halogens is 2. The summed E-state index contributed by atoms with van der Waals surface area (Å²) in [7, 11) is 0. The van der Waals surface area contributed by atoms with Crippen molar-refractivity contribution in [3.8, 4) is 5.88 Å². The molecule has 1 fully saturated rings. The minimum absolute atomic E-state index is 0.0896. The number of aromatic nitrogens is 2. The number of nitrogens with zero attached hydrogens (tertiary/aromatic N) is 3. The quantitative estimate of drug-likeness (QED) is 0.838. The van der Waals surface area contributed by atoms with E-state index in [1.54, 1.807) is 4.90 Å². The van der Waals surface area contributed by atoms with Gasteiger partial charge in [0.15, 0.2) is 0 Å². The van der Waals surface area contributed by atoms with E-state index in [1.165, 1.54) is 12.4 Å². The van der Waals surface area contributed by atoms with E-state index in [-0.39, 0.29) is 5.56 Å². The number of hydrogen-bond acceptors (Lipinski definition) is 4. The lowest BCUT2D eigenvalue weighted by atomic mass is 9.97. The minimum atomic E-state index is -0.824. The summed E-state index contributed by atoms with van der Waals surface area (Å²) in [6, 6.07) is 3.03. The Morgan fingerprint density at radius 1 is 1.23 bits per heavy atom. The zero-order valence-electron chi connectivity index (χ0n) is 14.8. The summed E-state index contributed by atoms with van der Waals surface area (Å²) < 4.78 is 32.6. The van der Waals surface area contributed by atoms with Crippen molar-refractivity contribution in [3.05, 3.63) is 53.0 Å². The molecule has 1 aromatic heterocycles. The molecule has 0 unspecified atom stereocenters. The van der Waals surface area contributed by atoms with Crippen molar-refractivity contribution in [1.29, 1.82) is 0 Å². The summed E-state index contributed by atoms with van der Waals surface area (Å²) in [6.45, 7) is 5.38. The molecule has 0 N–H and O–H groups in total. The number of piperidine rings is 1. The Bertz CT molecular complexity index is 805. The van der Waals surface area contributed by atoms with Crippen LogP contribution in [0.5, 0.6) is 5.88 Å². The summed E-state index contributed by atoms with van der Waals surface area (Å²) in [5.41, 5.74) is 1.72. The third-order valence-electron chi connectivity index (χ3n) is 4.81. The van der Waals surface area contributed by atoms with Crippen molar-refractivity contribution < 1.29 is 18.3 Å². The normalized spacial score (nSPS) is 15.2. The van der Waals surface area contributed by atoms with Crippen molar-refractivity contribution in [2.45, 2.75) is 26.7 Å². The van der Waals surface area contributed by atoms with Crippen LogP contribution in [0.25, 0.3) is 0 Å². The fourth-order valence-electron chi connectivity index (χ4n) is 2.99. The summed E-state index contributed by atoms with van der Waals surface area (Å²) in [5, 5.41) is 0. The summed E-state index contributed by atoms with van der Waals surface area (Å²) in [6.07, 6.45) is 3.01. The maximum atomic E-state index is 13.8. The summed E-state index contributed by atoms with van der Waals surface area (Å²) in [4.78, 5) is 22.3. The topological polar surface area (TPSA) is 55.3 Å². The van der Waals surface area contributed by atoms with Crippen molar-refractivity contribution in [2.24, 2.45) is 5.92 Å². The lowest BCUT2D eigenvalue weighted by molar-refractivity contribution is 0.0654. The number of carbonyl (C=O) groups excluding carboxylic acids is 1. The SMILES string of the molecule is Cc1ncnc(OCC2CCN(C(=O)c3ccc(F)cc3F)CC2)c1C. The van der Waals surface area contributed by atoms with E-state index in [1.807, 2.05) is 13.8 Å². The molecule has 1 saturated heterocycles. The molecule has 26 heavy (non-hydrogen) atoms. The van der Waals surface area contributed by atoms with Crippen molar-refractivity contribution in [3.63, 3.8) is 0 Å². The Morgan fingerprint density at radius 2 is 1.96 bits per heavy atom. The molecule has 7 heteroatoms. The number of carbonyl (C=O) groups is 1. The van der Waals surface area contributed by atoms with Crippen LogP contribution in [-0.2, 0) is 0 Å². The summed E-state index contributed by atoms with van der Waals surface area (Å²) >= 11 is 0. The third-order valence-corrected chi connectivity index (χ3v) is 4.81. The molecule has 0 spiro atoms. The van der Waals surface area contributed by atoms with Gasteiger partial charge in [0.25, 0.3) is 5.91 Å². The average Bonchev–Trinajstić information content (AvgIpc) is 2.63. The van der Waals surface area contributed by atoms with E-state index < -0.39 is 17.5 Å². The molecule has 138 valence electrons. The highest BCUT2D eigenvalue weighted by Gasteiger charge is 2.26. The first-order chi connectivity index (χ1) is 12.5. The molecule has 1 amide bonds. The largest absolute Gasteiger partial charge is 0.477 e. The molecule has 5 nitrogen and oxygen atoms in total. The van der Waals surface area contributed by atoms with Crippen LogP contribution in [-0.4, -0.2) is 40.5 Å². The van der Waals surface area contributed by atoms with Crippen LogP contribution < -0.4 is 4.74 Å². The van der Waals surface area contributed by atoms with Gasteiger partial charge >= 0.3 is 0 Å². The molecule has 1 aliphatic heterocycles. The maximum Gasteiger partial charge on any atom is 0.256 e. The Kier molecular flexibility index (Phi) is 5.44. The lowest BCUT2D eigenvalue weighted by Crippen LogP contribution is -2.40. The van der Waals surface area contributed by atoms with Gasteiger partial charge in [0.1, 0.15) is 18.0 Å². The second kappa shape index (κ2) is 7.76. The molecule has 0 radical (unpaired) electrons. The van der Waals surface area contributed by atoms with Crippen LogP contribution in [0.4, 0.5) is 8.78 Å². The second-order valence-electron chi connectivity index (χ2n) is 6.56. The zero-order valence-corrected chi connectivity index (χ0v) is 14.8.